The minimum Gasteiger partial charge on any atom is -0.268 e. The predicted octanol–water partition coefficient (Wildman–Crippen LogP) is 5.89. The van der Waals surface area contributed by atoms with Crippen LogP contribution in [0.25, 0.3) is 21.7 Å². The molecule has 0 amide bonds. The van der Waals surface area contributed by atoms with E-state index in [0.717, 1.165) is 46.1 Å². The van der Waals surface area contributed by atoms with Crippen molar-refractivity contribution in [3.8, 4) is 5.69 Å². The molecule has 7 heteroatoms. The molecular weight excluding hydrogens is 424 g/mol. The average molecular weight is 453 g/mol. The molecule has 3 heterocycles. The Labute approximate surface area is 190 Å². The molecule has 1 aliphatic rings. The fraction of sp³-hybridized carbons (Fsp3) is 0.458. The van der Waals surface area contributed by atoms with E-state index in [1.807, 2.05) is 30.3 Å². The summed E-state index contributed by atoms with van der Waals surface area (Å²) in [7, 11) is 0. The Morgan fingerprint density at radius 3 is 2.81 bits per heavy atom. The van der Waals surface area contributed by atoms with Gasteiger partial charge in [0.1, 0.15) is 4.83 Å². The molecule has 162 valence electrons. The molecule has 5 nitrogen and oxygen atoms in total. The van der Waals surface area contributed by atoms with Crippen molar-refractivity contribution in [2.24, 2.45) is 5.92 Å². The van der Waals surface area contributed by atoms with Crippen molar-refractivity contribution < 1.29 is 0 Å². The molecule has 0 saturated carbocycles. The number of aryl methyl sites for hydroxylation is 1. The third kappa shape index (κ3) is 3.72. The Balaban J connectivity index is 1.71. The standard InChI is InChI=1S/C24H28N4OS2/c1-3-4-5-9-14-30-24-26-25-23-27(17-10-7-6-8-11-17)21(29)20-18-13-12-16(2)15-19(18)31-22(20)28(23)24/h6-8,10-11,16H,3-5,9,12-15H2,1-2H3. The minimum atomic E-state index is 0.0349. The summed E-state index contributed by atoms with van der Waals surface area (Å²) in [6, 6.07) is 9.85. The average Bonchev–Trinajstić information content (AvgIpc) is 3.35. The first kappa shape index (κ1) is 20.8. The SMILES string of the molecule is CCCCCCSc1nnc2n(-c3ccccc3)c(=O)c3c4c(sc3n12)CC(C)CC4. The van der Waals surface area contributed by atoms with Crippen molar-refractivity contribution in [1.82, 2.24) is 19.2 Å². The number of benzene rings is 1. The normalized spacial score (nSPS) is 16.3. The fourth-order valence-corrected chi connectivity index (χ4v) is 6.99. The van der Waals surface area contributed by atoms with E-state index in [1.54, 1.807) is 27.7 Å². The Bertz CT molecular complexity index is 1270. The van der Waals surface area contributed by atoms with Crippen LogP contribution in [0.5, 0.6) is 0 Å². The molecule has 0 N–H and O–H groups in total. The van der Waals surface area contributed by atoms with Crippen LogP contribution in [-0.4, -0.2) is 24.9 Å². The van der Waals surface area contributed by atoms with Crippen LogP contribution in [0.15, 0.2) is 40.3 Å². The van der Waals surface area contributed by atoms with E-state index in [4.69, 9.17) is 0 Å². The molecule has 4 aromatic rings. The summed E-state index contributed by atoms with van der Waals surface area (Å²) in [5.74, 6) is 2.31. The third-order valence-corrected chi connectivity index (χ3v) is 8.43. The molecule has 1 atom stereocenters. The Kier molecular flexibility index (Phi) is 5.89. The summed E-state index contributed by atoms with van der Waals surface area (Å²) in [4.78, 5) is 16.2. The van der Waals surface area contributed by atoms with Crippen LogP contribution < -0.4 is 5.56 Å². The van der Waals surface area contributed by atoms with Crippen molar-refractivity contribution in [3.63, 3.8) is 0 Å². The van der Waals surface area contributed by atoms with Gasteiger partial charge in [-0.3, -0.25) is 4.79 Å². The van der Waals surface area contributed by atoms with E-state index in [-0.39, 0.29) is 5.56 Å². The van der Waals surface area contributed by atoms with Gasteiger partial charge >= 0.3 is 0 Å². The molecule has 0 aliphatic heterocycles. The number of para-hydroxylation sites is 1. The second-order valence-corrected chi connectivity index (χ2v) is 10.7. The number of thioether (sulfide) groups is 1. The Morgan fingerprint density at radius 2 is 2.00 bits per heavy atom. The van der Waals surface area contributed by atoms with Crippen LogP contribution in [0.4, 0.5) is 0 Å². The zero-order valence-corrected chi connectivity index (χ0v) is 19.8. The molecule has 0 bridgehead atoms. The van der Waals surface area contributed by atoms with Gasteiger partial charge in [0.05, 0.1) is 11.1 Å². The molecule has 3 aromatic heterocycles. The fourth-order valence-electron chi connectivity index (χ4n) is 4.50. The lowest BCUT2D eigenvalue weighted by molar-refractivity contribution is 0.509. The van der Waals surface area contributed by atoms with E-state index in [9.17, 15) is 4.79 Å². The van der Waals surface area contributed by atoms with E-state index in [0.29, 0.717) is 11.7 Å². The van der Waals surface area contributed by atoms with Gasteiger partial charge in [0.15, 0.2) is 5.16 Å². The number of unbranched alkanes of at least 4 members (excludes halogenated alkanes) is 3. The molecule has 0 fully saturated rings. The first-order valence-corrected chi connectivity index (χ1v) is 13.1. The quantitative estimate of drug-likeness (QED) is 0.259. The van der Waals surface area contributed by atoms with Crippen LogP contribution in [0, 0.1) is 5.92 Å². The number of hydrogen-bond donors (Lipinski definition) is 0. The van der Waals surface area contributed by atoms with Crippen molar-refractivity contribution in [2.75, 3.05) is 5.75 Å². The van der Waals surface area contributed by atoms with Crippen LogP contribution in [0.2, 0.25) is 0 Å². The van der Waals surface area contributed by atoms with Crippen LogP contribution >= 0.6 is 23.1 Å². The maximum Gasteiger partial charge on any atom is 0.268 e. The van der Waals surface area contributed by atoms with E-state index < -0.39 is 0 Å². The van der Waals surface area contributed by atoms with E-state index >= 15 is 0 Å². The molecule has 5 rings (SSSR count). The molecule has 0 radical (unpaired) electrons. The number of hydrogen-bond acceptors (Lipinski definition) is 5. The van der Waals surface area contributed by atoms with E-state index in [2.05, 4.69) is 28.4 Å². The largest absolute Gasteiger partial charge is 0.268 e. The van der Waals surface area contributed by atoms with Gasteiger partial charge in [-0.05, 0) is 49.3 Å². The maximum atomic E-state index is 13.8. The molecular formula is C24H28N4OS2. The first-order chi connectivity index (χ1) is 15.2. The summed E-state index contributed by atoms with van der Waals surface area (Å²) in [5, 5.41) is 10.8. The van der Waals surface area contributed by atoms with Crippen LogP contribution in [0.3, 0.4) is 0 Å². The second-order valence-electron chi connectivity index (χ2n) is 8.54. The molecule has 1 aromatic carbocycles. The van der Waals surface area contributed by atoms with Crippen molar-refractivity contribution in [3.05, 3.63) is 51.1 Å². The smallest absolute Gasteiger partial charge is 0.268 e. The molecule has 0 spiro atoms. The van der Waals surface area contributed by atoms with Gasteiger partial charge < -0.3 is 0 Å². The molecule has 1 aliphatic carbocycles. The highest BCUT2D eigenvalue weighted by molar-refractivity contribution is 7.99. The van der Waals surface area contributed by atoms with Gasteiger partial charge in [0, 0.05) is 10.6 Å². The Morgan fingerprint density at radius 1 is 1.16 bits per heavy atom. The highest BCUT2D eigenvalue weighted by Gasteiger charge is 2.27. The zero-order chi connectivity index (χ0) is 21.4. The summed E-state index contributed by atoms with van der Waals surface area (Å²) >= 11 is 3.53. The summed E-state index contributed by atoms with van der Waals surface area (Å²) in [6.45, 7) is 4.54. The number of fused-ring (bicyclic) bond motifs is 5. The second kappa shape index (κ2) is 8.79. The monoisotopic (exact) mass is 452 g/mol. The maximum absolute atomic E-state index is 13.8. The number of thiophene rings is 1. The summed E-state index contributed by atoms with van der Waals surface area (Å²) in [6.07, 6.45) is 8.11. The van der Waals surface area contributed by atoms with Crippen molar-refractivity contribution in [1.29, 1.82) is 0 Å². The third-order valence-electron chi connectivity index (χ3n) is 6.17. The predicted molar refractivity (Wildman–Crippen MR) is 130 cm³/mol. The highest BCUT2D eigenvalue weighted by Crippen LogP contribution is 2.38. The minimum absolute atomic E-state index is 0.0349. The number of aromatic nitrogens is 4. The summed E-state index contributed by atoms with van der Waals surface area (Å²) < 4.78 is 3.89. The first-order valence-electron chi connectivity index (χ1n) is 11.3. The molecule has 1 unspecified atom stereocenters. The van der Waals surface area contributed by atoms with Crippen molar-refractivity contribution >= 4 is 39.1 Å². The van der Waals surface area contributed by atoms with Gasteiger partial charge in [-0.15, -0.1) is 21.5 Å². The lowest BCUT2D eigenvalue weighted by atomic mass is 9.89. The van der Waals surface area contributed by atoms with Gasteiger partial charge in [0.2, 0.25) is 5.78 Å². The topological polar surface area (TPSA) is 52.2 Å². The lowest BCUT2D eigenvalue weighted by Gasteiger charge is -2.17. The molecule has 31 heavy (non-hydrogen) atoms. The Hall–Kier alpha value is -2.12. The zero-order valence-electron chi connectivity index (χ0n) is 18.1. The van der Waals surface area contributed by atoms with Crippen LogP contribution in [0.1, 0.15) is 56.4 Å². The summed E-state index contributed by atoms with van der Waals surface area (Å²) in [5.41, 5.74) is 2.13. The van der Waals surface area contributed by atoms with E-state index in [1.165, 1.54) is 36.1 Å². The van der Waals surface area contributed by atoms with Crippen molar-refractivity contribution in [2.45, 2.75) is 63.9 Å². The van der Waals surface area contributed by atoms with Gasteiger partial charge in [-0.25, -0.2) is 8.97 Å². The number of nitrogens with zero attached hydrogens (tertiary/aromatic N) is 4. The van der Waals surface area contributed by atoms with Crippen LogP contribution in [-0.2, 0) is 12.8 Å². The van der Waals surface area contributed by atoms with Gasteiger partial charge in [-0.2, -0.15) is 0 Å². The number of rotatable bonds is 7. The van der Waals surface area contributed by atoms with Gasteiger partial charge in [-0.1, -0.05) is 63.1 Å². The van der Waals surface area contributed by atoms with Gasteiger partial charge in [0.25, 0.3) is 5.56 Å². The molecule has 0 saturated heterocycles. The highest BCUT2D eigenvalue weighted by atomic mass is 32.2. The lowest BCUT2D eigenvalue weighted by Crippen LogP contribution is -2.22.